The summed E-state index contributed by atoms with van der Waals surface area (Å²) in [5, 5.41) is 0. The van der Waals surface area contributed by atoms with Crippen molar-refractivity contribution in [3.8, 4) is 0 Å². The van der Waals surface area contributed by atoms with E-state index in [1.165, 1.54) is 25.7 Å². The summed E-state index contributed by atoms with van der Waals surface area (Å²) in [6.45, 7) is 3.09. The van der Waals surface area contributed by atoms with Crippen LogP contribution in [0.2, 0.25) is 0 Å². The maximum absolute atomic E-state index is 13.9. The fourth-order valence-corrected chi connectivity index (χ4v) is 2.76. The summed E-state index contributed by atoms with van der Waals surface area (Å²) in [7, 11) is 0. The predicted octanol–water partition coefficient (Wildman–Crippen LogP) is 4.21. The quantitative estimate of drug-likeness (QED) is 0.760. The molecule has 1 nitrogen and oxygen atoms in total. The summed E-state index contributed by atoms with van der Waals surface area (Å²) < 4.78 is 14.7. The summed E-state index contributed by atoms with van der Waals surface area (Å²) in [5.74, 6) is 1.67. The van der Waals surface area contributed by atoms with Crippen LogP contribution in [-0.4, -0.2) is 18.0 Å². The average Bonchev–Trinajstić information content (AvgIpc) is 3.18. The van der Waals surface area contributed by atoms with Crippen LogP contribution < -0.4 is 0 Å². The van der Waals surface area contributed by atoms with E-state index >= 15 is 0 Å². The van der Waals surface area contributed by atoms with Crippen molar-refractivity contribution in [2.24, 2.45) is 11.8 Å². The fraction of sp³-hybridized carbons (Fsp3) is 0.600. The van der Waals surface area contributed by atoms with Crippen molar-refractivity contribution < 1.29 is 4.39 Å². The minimum Gasteiger partial charge on any atom is -0.298 e. The van der Waals surface area contributed by atoms with Crippen molar-refractivity contribution in [1.82, 2.24) is 4.90 Å². The Kier molecular flexibility index (Phi) is 3.71. The van der Waals surface area contributed by atoms with Gasteiger partial charge in [-0.25, -0.2) is 4.39 Å². The molecule has 0 spiro atoms. The number of nitrogens with zero attached hydrogens (tertiary/aromatic N) is 1. The molecule has 98 valence electrons. The maximum atomic E-state index is 13.9. The van der Waals surface area contributed by atoms with E-state index in [4.69, 9.17) is 0 Å². The minimum absolute atomic E-state index is 0.0824. The highest BCUT2D eigenvalue weighted by Gasteiger charge is 2.29. The van der Waals surface area contributed by atoms with Gasteiger partial charge < -0.3 is 0 Å². The van der Waals surface area contributed by atoms with Crippen molar-refractivity contribution in [1.29, 1.82) is 0 Å². The second-order valence-corrected chi connectivity index (χ2v) is 6.73. The third kappa shape index (κ3) is 3.55. The van der Waals surface area contributed by atoms with Gasteiger partial charge in [-0.05, 0) is 49.7 Å². The van der Waals surface area contributed by atoms with Gasteiger partial charge in [-0.15, -0.1) is 0 Å². The maximum Gasteiger partial charge on any atom is 0.128 e. The molecule has 18 heavy (non-hydrogen) atoms. The van der Waals surface area contributed by atoms with Gasteiger partial charge in [0.15, 0.2) is 0 Å². The molecule has 0 saturated heterocycles. The second-order valence-electron chi connectivity index (χ2n) is 5.82. The lowest BCUT2D eigenvalue weighted by Crippen LogP contribution is -2.28. The van der Waals surface area contributed by atoms with Crippen LogP contribution in [0.15, 0.2) is 22.7 Å². The molecule has 3 rings (SSSR count). The SMILES string of the molecule is Fc1cc(Br)ccc1CN(CC1CC1)CC1CC1. The minimum atomic E-state index is -0.0824. The lowest BCUT2D eigenvalue weighted by molar-refractivity contribution is 0.241. The molecule has 2 aliphatic rings. The Morgan fingerprint density at radius 2 is 1.72 bits per heavy atom. The first kappa shape index (κ1) is 12.6. The monoisotopic (exact) mass is 311 g/mol. The van der Waals surface area contributed by atoms with Crippen LogP contribution in [-0.2, 0) is 6.54 Å². The first-order valence-corrected chi connectivity index (χ1v) is 7.66. The lowest BCUT2D eigenvalue weighted by atomic mass is 10.2. The molecule has 0 bridgehead atoms. The Bertz CT molecular complexity index is 413. The normalized spacial score (nSPS) is 19.5. The smallest absolute Gasteiger partial charge is 0.128 e. The predicted molar refractivity (Wildman–Crippen MR) is 74.8 cm³/mol. The van der Waals surface area contributed by atoms with Crippen molar-refractivity contribution in [3.63, 3.8) is 0 Å². The molecule has 0 aromatic heterocycles. The van der Waals surface area contributed by atoms with Gasteiger partial charge in [-0.3, -0.25) is 4.90 Å². The third-order valence-corrected chi connectivity index (χ3v) is 4.33. The van der Waals surface area contributed by atoms with Crippen molar-refractivity contribution in [3.05, 3.63) is 34.1 Å². The highest BCUT2D eigenvalue weighted by molar-refractivity contribution is 9.10. The van der Waals surface area contributed by atoms with E-state index in [1.54, 1.807) is 6.07 Å². The number of halogens is 2. The Hall–Kier alpha value is -0.410. The highest BCUT2D eigenvalue weighted by atomic mass is 79.9. The van der Waals surface area contributed by atoms with E-state index < -0.39 is 0 Å². The van der Waals surface area contributed by atoms with Crippen molar-refractivity contribution >= 4 is 15.9 Å². The molecule has 2 aliphatic carbocycles. The Labute approximate surface area is 116 Å². The van der Waals surface area contributed by atoms with Gasteiger partial charge in [0.25, 0.3) is 0 Å². The molecule has 0 amide bonds. The van der Waals surface area contributed by atoms with Gasteiger partial charge in [0.05, 0.1) is 0 Å². The Morgan fingerprint density at radius 3 is 2.22 bits per heavy atom. The van der Waals surface area contributed by atoms with E-state index in [9.17, 15) is 4.39 Å². The summed E-state index contributed by atoms with van der Waals surface area (Å²) in [4.78, 5) is 2.46. The average molecular weight is 312 g/mol. The molecule has 2 fully saturated rings. The van der Waals surface area contributed by atoms with E-state index in [1.807, 2.05) is 12.1 Å². The molecule has 0 unspecified atom stereocenters. The zero-order chi connectivity index (χ0) is 12.5. The third-order valence-electron chi connectivity index (χ3n) is 3.84. The van der Waals surface area contributed by atoms with E-state index in [2.05, 4.69) is 20.8 Å². The molecule has 0 atom stereocenters. The molecule has 3 heteroatoms. The Balaban J connectivity index is 1.65. The van der Waals surface area contributed by atoms with Crippen LogP contribution in [0.1, 0.15) is 31.2 Å². The standard InChI is InChI=1S/C15H19BrFN/c16-14-6-5-13(15(17)7-14)10-18(8-11-1-2-11)9-12-3-4-12/h5-7,11-12H,1-4,8-10H2. The summed E-state index contributed by atoms with van der Waals surface area (Å²) in [6, 6.07) is 5.42. The summed E-state index contributed by atoms with van der Waals surface area (Å²) >= 11 is 3.31. The van der Waals surface area contributed by atoms with Crippen molar-refractivity contribution in [2.75, 3.05) is 13.1 Å². The molecule has 0 aliphatic heterocycles. The first-order valence-electron chi connectivity index (χ1n) is 6.87. The van der Waals surface area contributed by atoms with Crippen molar-refractivity contribution in [2.45, 2.75) is 32.2 Å². The van der Waals surface area contributed by atoms with Crippen LogP contribution >= 0.6 is 15.9 Å². The topological polar surface area (TPSA) is 3.24 Å². The largest absolute Gasteiger partial charge is 0.298 e. The molecule has 0 N–H and O–H groups in total. The second kappa shape index (κ2) is 5.30. The molecule has 0 heterocycles. The zero-order valence-electron chi connectivity index (χ0n) is 10.5. The number of hydrogen-bond donors (Lipinski definition) is 0. The summed E-state index contributed by atoms with van der Waals surface area (Å²) in [6.07, 6.45) is 5.46. The first-order chi connectivity index (χ1) is 8.70. The van der Waals surface area contributed by atoms with E-state index in [-0.39, 0.29) is 5.82 Å². The molecule has 1 aromatic carbocycles. The molecule has 1 aromatic rings. The van der Waals surface area contributed by atoms with Gasteiger partial charge in [0, 0.05) is 29.7 Å². The fourth-order valence-electron chi connectivity index (χ4n) is 2.43. The van der Waals surface area contributed by atoms with Gasteiger partial charge in [-0.1, -0.05) is 22.0 Å². The van der Waals surface area contributed by atoms with Gasteiger partial charge in [-0.2, -0.15) is 0 Å². The summed E-state index contributed by atoms with van der Waals surface area (Å²) in [5.41, 5.74) is 0.833. The highest BCUT2D eigenvalue weighted by Crippen LogP contribution is 2.34. The van der Waals surface area contributed by atoms with Crippen LogP contribution in [0.5, 0.6) is 0 Å². The molecular weight excluding hydrogens is 293 g/mol. The van der Waals surface area contributed by atoms with E-state index in [0.717, 1.165) is 41.5 Å². The van der Waals surface area contributed by atoms with Gasteiger partial charge >= 0.3 is 0 Å². The number of benzene rings is 1. The van der Waals surface area contributed by atoms with Crippen LogP contribution in [0.25, 0.3) is 0 Å². The van der Waals surface area contributed by atoms with Crippen LogP contribution in [0, 0.1) is 17.7 Å². The molecule has 2 saturated carbocycles. The molecular formula is C15H19BrFN. The lowest BCUT2D eigenvalue weighted by Gasteiger charge is -2.22. The van der Waals surface area contributed by atoms with E-state index in [0.29, 0.717) is 0 Å². The van der Waals surface area contributed by atoms with Gasteiger partial charge in [0.2, 0.25) is 0 Å². The number of rotatable bonds is 6. The Morgan fingerprint density at radius 1 is 1.11 bits per heavy atom. The molecule has 0 radical (unpaired) electrons. The van der Waals surface area contributed by atoms with Crippen LogP contribution in [0.4, 0.5) is 4.39 Å². The number of hydrogen-bond acceptors (Lipinski definition) is 1. The van der Waals surface area contributed by atoms with Crippen LogP contribution in [0.3, 0.4) is 0 Å². The van der Waals surface area contributed by atoms with Gasteiger partial charge in [0.1, 0.15) is 5.82 Å². The zero-order valence-corrected chi connectivity index (χ0v) is 12.1.